The summed E-state index contributed by atoms with van der Waals surface area (Å²) < 4.78 is 0. The molecule has 1 aliphatic rings. The van der Waals surface area contributed by atoms with Gasteiger partial charge in [0.25, 0.3) is 0 Å². The first-order valence-corrected chi connectivity index (χ1v) is 8.50. The van der Waals surface area contributed by atoms with E-state index in [0.717, 1.165) is 65.3 Å². The Bertz CT molecular complexity index is 1040. The van der Waals surface area contributed by atoms with Crippen molar-refractivity contribution in [1.29, 1.82) is 0 Å². The molecule has 7 nitrogen and oxygen atoms in total. The third-order valence-corrected chi connectivity index (χ3v) is 4.91. The number of anilines is 1. The highest BCUT2D eigenvalue weighted by Crippen LogP contribution is 2.30. The first-order chi connectivity index (χ1) is 12.3. The number of likely N-dealkylation sites (N-methyl/N-ethyl adjacent to an activating group) is 1. The lowest BCUT2D eigenvalue weighted by Crippen LogP contribution is -2.44. The summed E-state index contributed by atoms with van der Waals surface area (Å²) in [5.41, 5.74) is 4.85. The smallest absolute Gasteiger partial charge is 0.159 e. The van der Waals surface area contributed by atoms with Crippen LogP contribution >= 0.6 is 0 Å². The van der Waals surface area contributed by atoms with E-state index in [2.05, 4.69) is 43.1 Å². The molecule has 4 heterocycles. The third kappa shape index (κ3) is 2.35. The summed E-state index contributed by atoms with van der Waals surface area (Å²) >= 11 is 0. The monoisotopic (exact) mass is 333 g/mol. The second-order valence-electron chi connectivity index (χ2n) is 6.55. The van der Waals surface area contributed by atoms with Crippen molar-refractivity contribution < 1.29 is 0 Å². The van der Waals surface area contributed by atoms with Crippen LogP contribution < -0.4 is 4.90 Å². The maximum atomic E-state index is 4.87. The van der Waals surface area contributed by atoms with E-state index in [1.165, 1.54) is 0 Å². The average Bonchev–Trinajstić information content (AvgIpc) is 3.26. The van der Waals surface area contributed by atoms with E-state index in [1.54, 1.807) is 0 Å². The Kier molecular flexibility index (Phi) is 3.21. The van der Waals surface area contributed by atoms with Crippen LogP contribution in [-0.4, -0.2) is 63.3 Å². The van der Waals surface area contributed by atoms with Crippen LogP contribution in [0.1, 0.15) is 0 Å². The summed E-state index contributed by atoms with van der Waals surface area (Å²) in [6.45, 7) is 4.09. The summed E-state index contributed by atoms with van der Waals surface area (Å²) in [5, 5.41) is 8.59. The van der Waals surface area contributed by atoms with E-state index in [-0.39, 0.29) is 0 Å². The molecule has 0 radical (unpaired) electrons. The van der Waals surface area contributed by atoms with Gasteiger partial charge < -0.3 is 14.8 Å². The van der Waals surface area contributed by atoms with E-state index in [0.29, 0.717) is 0 Å². The van der Waals surface area contributed by atoms with Gasteiger partial charge in [-0.05, 0) is 13.1 Å². The lowest BCUT2D eigenvalue weighted by atomic mass is 10.2. The van der Waals surface area contributed by atoms with Gasteiger partial charge in [-0.3, -0.25) is 10.1 Å². The largest absolute Gasteiger partial charge is 0.366 e. The zero-order chi connectivity index (χ0) is 16.8. The maximum absolute atomic E-state index is 4.87. The predicted octanol–water partition coefficient (Wildman–Crippen LogP) is 2.25. The van der Waals surface area contributed by atoms with Crippen LogP contribution in [0.3, 0.4) is 0 Å². The summed E-state index contributed by atoms with van der Waals surface area (Å²) in [6.07, 6.45) is 3.75. The molecule has 4 aromatic rings. The lowest BCUT2D eigenvalue weighted by Gasteiger charge is -2.33. The van der Waals surface area contributed by atoms with E-state index >= 15 is 0 Å². The third-order valence-electron chi connectivity index (χ3n) is 4.91. The summed E-state index contributed by atoms with van der Waals surface area (Å²) in [6, 6.07) is 8.09. The molecule has 0 spiro atoms. The van der Waals surface area contributed by atoms with Gasteiger partial charge in [0, 0.05) is 31.6 Å². The summed E-state index contributed by atoms with van der Waals surface area (Å²) in [7, 11) is 2.16. The van der Waals surface area contributed by atoms with Crippen molar-refractivity contribution in [1.82, 2.24) is 30.0 Å². The van der Waals surface area contributed by atoms with Gasteiger partial charge >= 0.3 is 0 Å². The number of imidazole rings is 1. The predicted molar refractivity (Wildman–Crippen MR) is 98.7 cm³/mol. The Morgan fingerprint density at radius 2 is 1.84 bits per heavy atom. The molecule has 0 saturated carbocycles. The molecule has 1 fully saturated rings. The molecule has 3 aromatic heterocycles. The molecule has 0 atom stereocenters. The fourth-order valence-electron chi connectivity index (χ4n) is 3.45. The fraction of sp³-hybridized carbons (Fsp3) is 0.278. The van der Waals surface area contributed by atoms with Gasteiger partial charge in [-0.2, -0.15) is 5.10 Å². The second kappa shape index (κ2) is 5.56. The number of benzene rings is 1. The Labute approximate surface area is 144 Å². The molecule has 1 saturated heterocycles. The average molecular weight is 333 g/mol. The molecular weight excluding hydrogens is 314 g/mol. The van der Waals surface area contributed by atoms with Crippen molar-refractivity contribution in [3.05, 3.63) is 36.7 Å². The topological polar surface area (TPSA) is 76.7 Å². The van der Waals surface area contributed by atoms with Gasteiger partial charge in [0.05, 0.1) is 29.1 Å². The van der Waals surface area contributed by atoms with Crippen LogP contribution in [0.15, 0.2) is 36.7 Å². The molecule has 7 heteroatoms. The fourth-order valence-corrected chi connectivity index (χ4v) is 3.45. The standard InChI is InChI=1S/C18H19N7/c1-24-6-8-25(9-7-24)15-11-19-10-14-17(15)21-18(20-14)16-12-4-2-3-5-13(12)22-23-16/h2-5,10-11H,6-9H2,1H3,(H,20,21)(H,22,23). The van der Waals surface area contributed by atoms with E-state index in [9.17, 15) is 0 Å². The minimum atomic E-state index is 0.774. The Hall–Kier alpha value is -2.93. The molecule has 2 N–H and O–H groups in total. The highest BCUT2D eigenvalue weighted by Gasteiger charge is 2.20. The Morgan fingerprint density at radius 3 is 2.72 bits per heavy atom. The van der Waals surface area contributed by atoms with Crippen molar-refractivity contribution in [3.8, 4) is 11.5 Å². The highest BCUT2D eigenvalue weighted by atomic mass is 15.3. The van der Waals surface area contributed by atoms with Gasteiger partial charge in [0.1, 0.15) is 11.2 Å². The molecule has 0 bridgehead atoms. The normalized spacial score (nSPS) is 16.1. The molecule has 5 rings (SSSR count). The van der Waals surface area contributed by atoms with Gasteiger partial charge in [-0.15, -0.1) is 0 Å². The number of aromatic nitrogens is 5. The van der Waals surface area contributed by atoms with Crippen LogP contribution in [0.2, 0.25) is 0 Å². The number of fused-ring (bicyclic) bond motifs is 2. The summed E-state index contributed by atoms with van der Waals surface area (Å²) in [4.78, 5) is 17.4. The van der Waals surface area contributed by atoms with Crippen molar-refractivity contribution in [3.63, 3.8) is 0 Å². The molecule has 1 aliphatic heterocycles. The molecule has 0 unspecified atom stereocenters. The number of hydrogen-bond acceptors (Lipinski definition) is 5. The number of H-pyrrole nitrogens is 2. The zero-order valence-corrected chi connectivity index (χ0v) is 14.0. The first-order valence-electron chi connectivity index (χ1n) is 8.50. The molecule has 0 aliphatic carbocycles. The van der Waals surface area contributed by atoms with Crippen molar-refractivity contribution in [2.75, 3.05) is 38.1 Å². The quantitative estimate of drug-likeness (QED) is 0.588. The van der Waals surface area contributed by atoms with Crippen molar-refractivity contribution in [2.45, 2.75) is 0 Å². The number of nitrogens with zero attached hydrogens (tertiary/aromatic N) is 5. The van der Waals surface area contributed by atoms with Crippen molar-refractivity contribution in [2.24, 2.45) is 0 Å². The van der Waals surface area contributed by atoms with Gasteiger partial charge in [0.2, 0.25) is 0 Å². The number of pyridine rings is 1. The maximum Gasteiger partial charge on any atom is 0.159 e. The minimum absolute atomic E-state index is 0.774. The zero-order valence-electron chi connectivity index (χ0n) is 14.0. The number of nitrogens with one attached hydrogen (secondary N) is 2. The van der Waals surface area contributed by atoms with Crippen LogP contribution in [0.25, 0.3) is 33.5 Å². The second-order valence-corrected chi connectivity index (χ2v) is 6.55. The van der Waals surface area contributed by atoms with Gasteiger partial charge in [0.15, 0.2) is 5.82 Å². The van der Waals surface area contributed by atoms with Crippen molar-refractivity contribution >= 4 is 27.6 Å². The van der Waals surface area contributed by atoms with Crippen LogP contribution in [0.4, 0.5) is 5.69 Å². The Balaban J connectivity index is 1.61. The van der Waals surface area contributed by atoms with Gasteiger partial charge in [-0.25, -0.2) is 4.98 Å². The number of hydrogen-bond donors (Lipinski definition) is 2. The highest BCUT2D eigenvalue weighted by molar-refractivity contribution is 5.95. The minimum Gasteiger partial charge on any atom is -0.366 e. The number of rotatable bonds is 2. The number of aromatic amines is 2. The van der Waals surface area contributed by atoms with Crippen LogP contribution in [0.5, 0.6) is 0 Å². The van der Waals surface area contributed by atoms with Crippen LogP contribution in [0, 0.1) is 0 Å². The molecule has 25 heavy (non-hydrogen) atoms. The van der Waals surface area contributed by atoms with Crippen LogP contribution in [-0.2, 0) is 0 Å². The molecule has 1 aromatic carbocycles. The number of para-hydroxylation sites is 1. The number of piperazine rings is 1. The van der Waals surface area contributed by atoms with E-state index in [4.69, 9.17) is 4.98 Å². The first kappa shape index (κ1) is 14.4. The molecule has 0 amide bonds. The SMILES string of the molecule is CN1CCN(c2cncc3[nH]c(-c4n[nH]c5ccccc45)nc23)CC1. The Morgan fingerprint density at radius 1 is 1.00 bits per heavy atom. The molecule has 126 valence electrons. The van der Waals surface area contributed by atoms with E-state index in [1.807, 2.05) is 30.6 Å². The molecular formula is C18H19N7. The van der Waals surface area contributed by atoms with Gasteiger partial charge in [-0.1, -0.05) is 18.2 Å². The summed E-state index contributed by atoms with van der Waals surface area (Å²) in [5.74, 6) is 0.774. The van der Waals surface area contributed by atoms with E-state index < -0.39 is 0 Å². The lowest BCUT2D eigenvalue weighted by molar-refractivity contribution is 0.313.